The van der Waals surface area contributed by atoms with Crippen LogP contribution in [0.15, 0.2) is 0 Å². The summed E-state index contributed by atoms with van der Waals surface area (Å²) in [5, 5.41) is 3.57. The Hall–Kier alpha value is 0.690. The average Bonchev–Trinajstić information content (AvgIpc) is 2.29. The standard InChI is InChI=1S/C15H30IN/c1-15(16)11-7-4-2-3-5-9-13-17-14-10-6-8-12-15/h17H,2-14H2,1H3. The van der Waals surface area contributed by atoms with Crippen LogP contribution in [0.5, 0.6) is 0 Å². The lowest BCUT2D eigenvalue weighted by atomic mass is 9.96. The normalized spacial score (nSPS) is 31.4. The minimum absolute atomic E-state index is 0.561. The van der Waals surface area contributed by atoms with Crippen molar-refractivity contribution in [1.29, 1.82) is 0 Å². The second-order valence-corrected chi connectivity index (χ2v) is 8.45. The molecule has 1 rings (SSSR count). The number of rotatable bonds is 0. The van der Waals surface area contributed by atoms with Gasteiger partial charge in [-0.2, -0.15) is 0 Å². The second kappa shape index (κ2) is 9.60. The maximum atomic E-state index is 3.57. The van der Waals surface area contributed by atoms with Crippen LogP contribution in [0.1, 0.15) is 77.6 Å². The zero-order valence-electron chi connectivity index (χ0n) is 11.6. The lowest BCUT2D eigenvalue weighted by Gasteiger charge is -2.22. The molecule has 1 saturated heterocycles. The molecule has 1 heterocycles. The highest BCUT2D eigenvalue weighted by Crippen LogP contribution is 2.31. The molecular weight excluding hydrogens is 321 g/mol. The first kappa shape index (κ1) is 15.7. The highest BCUT2D eigenvalue weighted by Gasteiger charge is 2.18. The maximum Gasteiger partial charge on any atom is 0.0194 e. The molecule has 0 aliphatic carbocycles. The van der Waals surface area contributed by atoms with Crippen LogP contribution < -0.4 is 5.32 Å². The molecule has 0 aromatic rings. The quantitative estimate of drug-likeness (QED) is 0.474. The van der Waals surface area contributed by atoms with Gasteiger partial charge < -0.3 is 5.32 Å². The van der Waals surface area contributed by atoms with Gasteiger partial charge in [-0.1, -0.05) is 74.5 Å². The fourth-order valence-corrected chi connectivity index (χ4v) is 3.38. The Morgan fingerprint density at radius 1 is 0.706 bits per heavy atom. The predicted octanol–water partition coefficient (Wildman–Crippen LogP) is 5.07. The summed E-state index contributed by atoms with van der Waals surface area (Å²) in [4.78, 5) is 0. The van der Waals surface area contributed by atoms with Gasteiger partial charge in [-0.15, -0.1) is 0 Å². The molecule has 0 amide bonds. The Morgan fingerprint density at radius 3 is 1.71 bits per heavy atom. The van der Waals surface area contributed by atoms with Crippen molar-refractivity contribution in [2.24, 2.45) is 0 Å². The third-order valence-electron chi connectivity index (χ3n) is 3.85. The molecule has 0 radical (unpaired) electrons. The molecule has 0 bridgehead atoms. The summed E-state index contributed by atoms with van der Waals surface area (Å²) in [7, 11) is 0. The van der Waals surface area contributed by atoms with Gasteiger partial charge >= 0.3 is 0 Å². The third-order valence-corrected chi connectivity index (χ3v) is 4.93. The van der Waals surface area contributed by atoms with Crippen molar-refractivity contribution in [1.82, 2.24) is 5.32 Å². The van der Waals surface area contributed by atoms with Gasteiger partial charge in [0.15, 0.2) is 0 Å². The van der Waals surface area contributed by atoms with Gasteiger partial charge in [0.25, 0.3) is 0 Å². The van der Waals surface area contributed by atoms with E-state index >= 15 is 0 Å². The van der Waals surface area contributed by atoms with E-state index in [0.29, 0.717) is 3.42 Å². The molecule has 0 aromatic heterocycles. The highest BCUT2D eigenvalue weighted by molar-refractivity contribution is 14.1. The monoisotopic (exact) mass is 351 g/mol. The van der Waals surface area contributed by atoms with Crippen LogP contribution in [-0.2, 0) is 0 Å². The summed E-state index contributed by atoms with van der Waals surface area (Å²) < 4.78 is 0.561. The van der Waals surface area contributed by atoms with Gasteiger partial charge in [-0.3, -0.25) is 0 Å². The molecule has 17 heavy (non-hydrogen) atoms. The van der Waals surface area contributed by atoms with Crippen LogP contribution in [0, 0.1) is 0 Å². The molecule has 1 nitrogen and oxygen atoms in total. The van der Waals surface area contributed by atoms with Crippen LogP contribution >= 0.6 is 22.6 Å². The maximum absolute atomic E-state index is 3.57. The minimum atomic E-state index is 0.561. The number of alkyl halides is 1. The fraction of sp³-hybridized carbons (Fsp3) is 1.00. The van der Waals surface area contributed by atoms with Gasteiger partial charge in [-0.25, -0.2) is 0 Å². The first-order valence-electron chi connectivity index (χ1n) is 7.60. The molecule has 1 N–H and O–H groups in total. The third kappa shape index (κ3) is 9.29. The molecule has 1 aliphatic rings. The molecule has 0 aromatic carbocycles. The van der Waals surface area contributed by atoms with Crippen LogP contribution in [0.3, 0.4) is 0 Å². The van der Waals surface area contributed by atoms with Crippen molar-refractivity contribution in [2.75, 3.05) is 13.1 Å². The molecule has 1 atom stereocenters. The largest absolute Gasteiger partial charge is 0.317 e. The lowest BCUT2D eigenvalue weighted by Crippen LogP contribution is -2.17. The van der Waals surface area contributed by atoms with E-state index in [1.165, 1.54) is 83.7 Å². The predicted molar refractivity (Wildman–Crippen MR) is 86.1 cm³/mol. The van der Waals surface area contributed by atoms with E-state index in [0.717, 1.165) is 0 Å². The Kier molecular flexibility index (Phi) is 8.89. The minimum Gasteiger partial charge on any atom is -0.317 e. The van der Waals surface area contributed by atoms with E-state index in [4.69, 9.17) is 0 Å². The van der Waals surface area contributed by atoms with Crippen LogP contribution in [0.25, 0.3) is 0 Å². The lowest BCUT2D eigenvalue weighted by molar-refractivity contribution is 0.490. The molecule has 2 heteroatoms. The van der Waals surface area contributed by atoms with Gasteiger partial charge in [0.05, 0.1) is 0 Å². The summed E-state index contributed by atoms with van der Waals surface area (Å²) >= 11 is 2.69. The number of hydrogen-bond donors (Lipinski definition) is 1. The first-order chi connectivity index (χ1) is 8.21. The Morgan fingerprint density at radius 2 is 1.12 bits per heavy atom. The smallest absolute Gasteiger partial charge is 0.0194 e. The van der Waals surface area contributed by atoms with Gasteiger partial charge in [-0.05, 0) is 38.8 Å². The molecular formula is C15H30IN. The zero-order chi connectivity index (χ0) is 12.4. The van der Waals surface area contributed by atoms with Crippen molar-refractivity contribution in [2.45, 2.75) is 81.0 Å². The van der Waals surface area contributed by atoms with Crippen molar-refractivity contribution in [3.8, 4) is 0 Å². The number of hydrogen-bond acceptors (Lipinski definition) is 1. The fourth-order valence-electron chi connectivity index (χ4n) is 2.62. The van der Waals surface area contributed by atoms with Gasteiger partial charge in [0.2, 0.25) is 0 Å². The summed E-state index contributed by atoms with van der Waals surface area (Å²) in [6.07, 6.45) is 15.6. The molecule has 0 spiro atoms. The van der Waals surface area contributed by atoms with Gasteiger partial charge in [0.1, 0.15) is 0 Å². The highest BCUT2D eigenvalue weighted by atomic mass is 127. The van der Waals surface area contributed by atoms with E-state index in [1.807, 2.05) is 0 Å². The van der Waals surface area contributed by atoms with Crippen LogP contribution in [0.2, 0.25) is 0 Å². The van der Waals surface area contributed by atoms with E-state index in [1.54, 1.807) is 0 Å². The molecule has 1 unspecified atom stereocenters. The SMILES string of the molecule is CC1(I)CCCCCCCCNCCCCC1. The molecule has 1 fully saturated rings. The van der Waals surface area contributed by atoms with Crippen molar-refractivity contribution >= 4 is 22.6 Å². The van der Waals surface area contributed by atoms with Crippen molar-refractivity contribution in [3.05, 3.63) is 0 Å². The second-order valence-electron chi connectivity index (χ2n) is 5.85. The summed E-state index contributed by atoms with van der Waals surface area (Å²) in [5.74, 6) is 0. The van der Waals surface area contributed by atoms with Crippen molar-refractivity contribution in [3.63, 3.8) is 0 Å². The summed E-state index contributed by atoms with van der Waals surface area (Å²) in [5.41, 5.74) is 0. The zero-order valence-corrected chi connectivity index (χ0v) is 13.7. The molecule has 1 aliphatic heterocycles. The molecule has 102 valence electrons. The Bertz CT molecular complexity index is 162. The summed E-state index contributed by atoms with van der Waals surface area (Å²) in [6.45, 7) is 4.92. The Balaban J connectivity index is 2.22. The molecule has 0 saturated carbocycles. The van der Waals surface area contributed by atoms with E-state index in [-0.39, 0.29) is 0 Å². The van der Waals surface area contributed by atoms with E-state index < -0.39 is 0 Å². The average molecular weight is 351 g/mol. The number of halogens is 1. The van der Waals surface area contributed by atoms with E-state index in [9.17, 15) is 0 Å². The summed E-state index contributed by atoms with van der Waals surface area (Å²) in [6, 6.07) is 0. The van der Waals surface area contributed by atoms with Crippen molar-refractivity contribution < 1.29 is 0 Å². The first-order valence-corrected chi connectivity index (χ1v) is 8.68. The van der Waals surface area contributed by atoms with Crippen LogP contribution in [0.4, 0.5) is 0 Å². The topological polar surface area (TPSA) is 12.0 Å². The van der Waals surface area contributed by atoms with Gasteiger partial charge in [0, 0.05) is 3.42 Å². The van der Waals surface area contributed by atoms with Crippen LogP contribution in [-0.4, -0.2) is 16.5 Å². The number of nitrogens with one attached hydrogen (secondary N) is 1. The van der Waals surface area contributed by atoms with E-state index in [2.05, 4.69) is 34.8 Å². The Labute approximate surface area is 122 Å².